The maximum absolute atomic E-state index is 12.4. The van der Waals surface area contributed by atoms with E-state index in [1.807, 2.05) is 38.1 Å². The lowest BCUT2D eigenvalue weighted by Gasteiger charge is -2.09. The van der Waals surface area contributed by atoms with Crippen LogP contribution < -0.4 is 15.4 Å². The number of nitrogens with zero attached hydrogens (tertiary/aromatic N) is 2. The molecule has 7 heteroatoms. The van der Waals surface area contributed by atoms with Crippen molar-refractivity contribution >= 4 is 17.5 Å². The normalized spacial score (nSPS) is 10.6. The summed E-state index contributed by atoms with van der Waals surface area (Å²) in [7, 11) is 1.61. The summed E-state index contributed by atoms with van der Waals surface area (Å²) >= 11 is 0. The number of benzene rings is 2. The van der Waals surface area contributed by atoms with Crippen LogP contribution in [0.25, 0.3) is 5.69 Å². The first kappa shape index (κ1) is 19.2. The molecule has 144 valence electrons. The van der Waals surface area contributed by atoms with Crippen molar-refractivity contribution in [3.8, 4) is 11.4 Å². The van der Waals surface area contributed by atoms with Crippen molar-refractivity contribution in [2.75, 3.05) is 12.4 Å². The van der Waals surface area contributed by atoms with Crippen molar-refractivity contribution in [1.82, 2.24) is 15.1 Å². The standard InChI is InChI=1S/C21H22N4O3/c1-14(2)22-20(26)15-4-6-16(7-5-15)23-21(27)19-12-13-25(24-19)17-8-10-18(28-3)11-9-17/h4-14H,1-3H3,(H,22,26)(H,23,27). The molecular formula is C21H22N4O3. The van der Waals surface area contributed by atoms with Crippen LogP contribution in [-0.2, 0) is 0 Å². The Balaban J connectivity index is 1.66. The number of methoxy groups -OCH3 is 1. The molecule has 2 aromatic carbocycles. The van der Waals surface area contributed by atoms with Crippen LogP contribution in [0.5, 0.6) is 5.75 Å². The van der Waals surface area contributed by atoms with Crippen LogP contribution in [0.4, 0.5) is 5.69 Å². The summed E-state index contributed by atoms with van der Waals surface area (Å²) in [6.45, 7) is 3.80. The van der Waals surface area contributed by atoms with Gasteiger partial charge in [0.1, 0.15) is 5.75 Å². The SMILES string of the molecule is COc1ccc(-n2ccc(C(=O)Nc3ccc(C(=O)NC(C)C)cc3)n2)cc1. The Hall–Kier alpha value is -3.61. The lowest BCUT2D eigenvalue weighted by Crippen LogP contribution is -2.30. The van der Waals surface area contributed by atoms with Gasteiger partial charge in [-0.2, -0.15) is 5.10 Å². The van der Waals surface area contributed by atoms with Gasteiger partial charge in [-0.25, -0.2) is 4.68 Å². The van der Waals surface area contributed by atoms with E-state index in [4.69, 9.17) is 4.74 Å². The molecule has 0 bridgehead atoms. The molecule has 0 aliphatic heterocycles. The van der Waals surface area contributed by atoms with E-state index in [0.29, 0.717) is 11.3 Å². The monoisotopic (exact) mass is 378 g/mol. The van der Waals surface area contributed by atoms with Gasteiger partial charge in [0.05, 0.1) is 12.8 Å². The first-order valence-corrected chi connectivity index (χ1v) is 8.88. The average molecular weight is 378 g/mol. The molecule has 2 N–H and O–H groups in total. The average Bonchev–Trinajstić information content (AvgIpc) is 3.18. The summed E-state index contributed by atoms with van der Waals surface area (Å²) < 4.78 is 6.76. The zero-order valence-electron chi connectivity index (χ0n) is 16.0. The number of ether oxygens (including phenoxy) is 1. The van der Waals surface area contributed by atoms with Crippen LogP contribution >= 0.6 is 0 Å². The van der Waals surface area contributed by atoms with E-state index in [9.17, 15) is 9.59 Å². The third kappa shape index (κ3) is 4.56. The number of hydrogen-bond acceptors (Lipinski definition) is 4. The van der Waals surface area contributed by atoms with Gasteiger partial charge in [0.25, 0.3) is 11.8 Å². The van der Waals surface area contributed by atoms with Gasteiger partial charge in [0, 0.05) is 23.5 Å². The zero-order valence-corrected chi connectivity index (χ0v) is 16.0. The molecule has 1 heterocycles. The lowest BCUT2D eigenvalue weighted by atomic mass is 10.2. The number of nitrogens with one attached hydrogen (secondary N) is 2. The fourth-order valence-corrected chi connectivity index (χ4v) is 2.57. The van der Waals surface area contributed by atoms with Gasteiger partial charge in [-0.05, 0) is 68.4 Å². The van der Waals surface area contributed by atoms with Gasteiger partial charge < -0.3 is 15.4 Å². The zero-order chi connectivity index (χ0) is 20.1. The maximum Gasteiger partial charge on any atom is 0.276 e. The fourth-order valence-electron chi connectivity index (χ4n) is 2.57. The number of rotatable bonds is 6. The minimum atomic E-state index is -0.327. The predicted octanol–water partition coefficient (Wildman–Crippen LogP) is 3.27. The van der Waals surface area contributed by atoms with E-state index in [0.717, 1.165) is 11.4 Å². The molecule has 0 spiro atoms. The Kier molecular flexibility index (Phi) is 5.74. The first-order chi connectivity index (χ1) is 13.5. The maximum atomic E-state index is 12.4. The Morgan fingerprint density at radius 2 is 1.64 bits per heavy atom. The highest BCUT2D eigenvalue weighted by Crippen LogP contribution is 2.15. The van der Waals surface area contributed by atoms with E-state index in [1.165, 1.54) is 0 Å². The molecule has 0 atom stereocenters. The topological polar surface area (TPSA) is 85.2 Å². The molecule has 0 fully saturated rings. The van der Waals surface area contributed by atoms with E-state index >= 15 is 0 Å². The van der Waals surface area contributed by atoms with Crippen LogP contribution in [0.3, 0.4) is 0 Å². The van der Waals surface area contributed by atoms with Crippen LogP contribution in [0.2, 0.25) is 0 Å². The van der Waals surface area contributed by atoms with Crippen molar-refractivity contribution in [1.29, 1.82) is 0 Å². The second-order valence-electron chi connectivity index (χ2n) is 6.50. The van der Waals surface area contributed by atoms with Gasteiger partial charge in [0.15, 0.2) is 5.69 Å². The number of carbonyl (C=O) groups excluding carboxylic acids is 2. The van der Waals surface area contributed by atoms with E-state index < -0.39 is 0 Å². The molecule has 28 heavy (non-hydrogen) atoms. The summed E-state index contributed by atoms with van der Waals surface area (Å²) in [5.74, 6) is 0.275. The Morgan fingerprint density at radius 3 is 2.25 bits per heavy atom. The van der Waals surface area contributed by atoms with Gasteiger partial charge in [-0.1, -0.05) is 0 Å². The van der Waals surface area contributed by atoms with Crippen LogP contribution in [0.15, 0.2) is 60.8 Å². The van der Waals surface area contributed by atoms with Gasteiger partial charge in [-0.3, -0.25) is 9.59 Å². The van der Waals surface area contributed by atoms with Crippen molar-refractivity contribution < 1.29 is 14.3 Å². The Bertz CT molecular complexity index is 960. The summed E-state index contributed by atoms with van der Waals surface area (Å²) in [4.78, 5) is 24.4. The highest BCUT2D eigenvalue weighted by Gasteiger charge is 2.12. The number of carbonyl (C=O) groups is 2. The summed E-state index contributed by atoms with van der Waals surface area (Å²) in [6.07, 6.45) is 1.72. The molecule has 2 amide bonds. The third-order valence-corrected chi connectivity index (χ3v) is 3.98. The van der Waals surface area contributed by atoms with Crippen LogP contribution in [0.1, 0.15) is 34.7 Å². The molecule has 0 aliphatic carbocycles. The van der Waals surface area contributed by atoms with Crippen molar-refractivity contribution in [3.63, 3.8) is 0 Å². The van der Waals surface area contributed by atoms with E-state index in [1.54, 1.807) is 48.3 Å². The molecule has 7 nitrogen and oxygen atoms in total. The lowest BCUT2D eigenvalue weighted by molar-refractivity contribution is 0.0942. The highest BCUT2D eigenvalue weighted by molar-refractivity contribution is 6.03. The number of hydrogen-bond donors (Lipinski definition) is 2. The second-order valence-corrected chi connectivity index (χ2v) is 6.50. The van der Waals surface area contributed by atoms with Crippen LogP contribution in [-0.4, -0.2) is 34.7 Å². The van der Waals surface area contributed by atoms with Crippen molar-refractivity contribution in [3.05, 3.63) is 72.1 Å². The molecule has 0 aliphatic rings. The van der Waals surface area contributed by atoms with Gasteiger partial charge >= 0.3 is 0 Å². The second kappa shape index (κ2) is 8.39. The predicted molar refractivity (Wildman–Crippen MR) is 107 cm³/mol. The summed E-state index contributed by atoms with van der Waals surface area (Å²) in [6, 6.07) is 15.8. The van der Waals surface area contributed by atoms with Crippen molar-refractivity contribution in [2.45, 2.75) is 19.9 Å². The first-order valence-electron chi connectivity index (χ1n) is 8.88. The Labute approximate surface area is 163 Å². The molecular weight excluding hydrogens is 356 g/mol. The largest absolute Gasteiger partial charge is 0.497 e. The summed E-state index contributed by atoms with van der Waals surface area (Å²) in [5, 5.41) is 9.92. The molecule has 0 saturated carbocycles. The molecule has 0 radical (unpaired) electrons. The minimum Gasteiger partial charge on any atom is -0.497 e. The Morgan fingerprint density at radius 1 is 0.964 bits per heavy atom. The molecule has 3 rings (SSSR count). The smallest absolute Gasteiger partial charge is 0.276 e. The number of aromatic nitrogens is 2. The van der Waals surface area contributed by atoms with Gasteiger partial charge in [-0.15, -0.1) is 0 Å². The molecule has 0 unspecified atom stereocenters. The quantitative estimate of drug-likeness (QED) is 0.689. The number of anilines is 1. The number of amides is 2. The molecule has 0 saturated heterocycles. The van der Waals surface area contributed by atoms with Gasteiger partial charge in [0.2, 0.25) is 0 Å². The van der Waals surface area contributed by atoms with E-state index in [-0.39, 0.29) is 23.6 Å². The summed E-state index contributed by atoms with van der Waals surface area (Å²) in [5.41, 5.74) is 2.23. The fraction of sp³-hybridized carbons (Fsp3) is 0.190. The highest BCUT2D eigenvalue weighted by atomic mass is 16.5. The molecule has 1 aromatic heterocycles. The third-order valence-electron chi connectivity index (χ3n) is 3.98. The van der Waals surface area contributed by atoms with Crippen LogP contribution in [0, 0.1) is 0 Å². The van der Waals surface area contributed by atoms with Crippen molar-refractivity contribution in [2.24, 2.45) is 0 Å². The molecule has 3 aromatic rings. The minimum absolute atomic E-state index is 0.0627. The van der Waals surface area contributed by atoms with E-state index in [2.05, 4.69) is 15.7 Å².